The average Bonchev–Trinajstić information content (AvgIpc) is 2.97. The van der Waals surface area contributed by atoms with Crippen molar-refractivity contribution in [3.63, 3.8) is 0 Å². The number of fused-ring (bicyclic) bond motifs is 1. The second kappa shape index (κ2) is 7.61. The van der Waals surface area contributed by atoms with E-state index in [-0.39, 0.29) is 23.9 Å². The van der Waals surface area contributed by atoms with Gasteiger partial charge in [0.15, 0.2) is 11.6 Å². The number of alkyl halides is 1. The molecule has 1 aromatic carbocycles. The smallest absolute Gasteiger partial charge is 0.162 e. The molecule has 140 valence electrons. The molecule has 0 saturated heterocycles. The average molecular weight is 387 g/mol. The molecule has 0 aliphatic carbocycles. The predicted octanol–water partition coefficient (Wildman–Crippen LogP) is 4.70. The molecule has 0 fully saturated rings. The molecule has 0 spiro atoms. The van der Waals surface area contributed by atoms with Gasteiger partial charge in [-0.25, -0.2) is 9.37 Å². The molecule has 0 saturated carbocycles. The van der Waals surface area contributed by atoms with Crippen LogP contribution in [0, 0.1) is 19.7 Å². The highest BCUT2D eigenvalue weighted by Gasteiger charge is 2.22. The zero-order chi connectivity index (χ0) is 19.7. The van der Waals surface area contributed by atoms with Gasteiger partial charge >= 0.3 is 0 Å². The Bertz CT molecular complexity index is 1030. The maximum Gasteiger partial charge on any atom is 0.162 e. The van der Waals surface area contributed by atoms with Crippen LogP contribution in [0.15, 0.2) is 30.5 Å². The van der Waals surface area contributed by atoms with Crippen molar-refractivity contribution in [3.05, 3.63) is 58.7 Å². The van der Waals surface area contributed by atoms with E-state index in [0.29, 0.717) is 40.1 Å². The van der Waals surface area contributed by atoms with Crippen molar-refractivity contribution in [2.24, 2.45) is 0 Å². The number of benzene rings is 1. The highest BCUT2D eigenvalue weighted by Crippen LogP contribution is 2.32. The van der Waals surface area contributed by atoms with E-state index in [1.54, 1.807) is 24.3 Å². The minimum atomic E-state index is -0.522. The molecule has 0 amide bonds. The van der Waals surface area contributed by atoms with Crippen LogP contribution < -0.4 is 0 Å². The second-order valence-electron chi connectivity index (χ2n) is 6.62. The summed E-state index contributed by atoms with van der Waals surface area (Å²) in [6.45, 7) is 5.42. The molecule has 0 unspecified atom stereocenters. The Balaban J connectivity index is 2.26. The molecule has 0 aliphatic rings. The third kappa shape index (κ3) is 3.65. The molecular weight excluding hydrogens is 367 g/mol. The van der Waals surface area contributed by atoms with Crippen LogP contribution in [0.3, 0.4) is 0 Å². The topological polar surface area (TPSA) is 51.4 Å². The number of halogens is 2. The van der Waals surface area contributed by atoms with Gasteiger partial charge in [0.25, 0.3) is 0 Å². The molecule has 2 heterocycles. The summed E-state index contributed by atoms with van der Waals surface area (Å²) in [4.78, 5) is 28.6. The Morgan fingerprint density at radius 2 is 1.96 bits per heavy atom. The van der Waals surface area contributed by atoms with E-state index >= 15 is 0 Å². The lowest BCUT2D eigenvalue weighted by Gasteiger charge is -2.10. The summed E-state index contributed by atoms with van der Waals surface area (Å²) in [5.74, 6) is -0.932. The normalized spacial score (nSPS) is 11.1. The van der Waals surface area contributed by atoms with Crippen molar-refractivity contribution in [2.75, 3.05) is 5.88 Å². The molecule has 0 radical (unpaired) electrons. The molecule has 6 heteroatoms. The summed E-state index contributed by atoms with van der Waals surface area (Å²) in [6.07, 6.45) is 2.18. The number of ketones is 2. The molecular formula is C21H20ClFN2O2. The van der Waals surface area contributed by atoms with Gasteiger partial charge in [-0.2, -0.15) is 0 Å². The number of hydrogen-bond donors (Lipinski definition) is 0. The molecule has 27 heavy (non-hydrogen) atoms. The molecule has 0 N–H and O–H groups in total. The lowest BCUT2D eigenvalue weighted by atomic mass is 9.97. The van der Waals surface area contributed by atoms with E-state index < -0.39 is 5.82 Å². The number of pyridine rings is 1. The van der Waals surface area contributed by atoms with Crippen LogP contribution in [-0.4, -0.2) is 26.8 Å². The molecule has 0 atom stereocenters. The summed E-state index contributed by atoms with van der Waals surface area (Å²) in [7, 11) is 0. The molecule has 3 aromatic rings. The highest BCUT2D eigenvalue weighted by atomic mass is 35.5. The van der Waals surface area contributed by atoms with Gasteiger partial charge in [-0.15, -0.1) is 11.6 Å². The lowest BCUT2D eigenvalue weighted by Crippen LogP contribution is -2.08. The Kier molecular flexibility index (Phi) is 5.42. The number of aryl methyl sites for hydroxylation is 2. The minimum Gasteiger partial charge on any atom is -0.303 e. The number of carbonyl (C=O) groups excluding carboxylic acids is 2. The fraction of sp³-hybridized carbons (Fsp3) is 0.286. The van der Waals surface area contributed by atoms with E-state index in [1.807, 2.05) is 25.3 Å². The van der Waals surface area contributed by atoms with Crippen LogP contribution in [-0.2, 0) is 11.2 Å². The number of imidazole rings is 1. The number of Topliss-reactive ketones (excluding diaryl/α,β-unsaturated/α-hetero) is 2. The first-order valence-corrected chi connectivity index (χ1v) is 9.28. The molecule has 0 bridgehead atoms. The summed E-state index contributed by atoms with van der Waals surface area (Å²) >= 11 is 5.69. The van der Waals surface area contributed by atoms with Crippen LogP contribution in [0.2, 0.25) is 0 Å². The van der Waals surface area contributed by atoms with Crippen LogP contribution >= 0.6 is 11.6 Å². The van der Waals surface area contributed by atoms with Crippen LogP contribution in [0.5, 0.6) is 0 Å². The van der Waals surface area contributed by atoms with Crippen molar-refractivity contribution in [3.8, 4) is 11.3 Å². The van der Waals surface area contributed by atoms with E-state index in [4.69, 9.17) is 11.6 Å². The first kappa shape index (κ1) is 19.2. The van der Waals surface area contributed by atoms with Crippen molar-refractivity contribution >= 4 is 28.8 Å². The van der Waals surface area contributed by atoms with Crippen LogP contribution in [0.4, 0.5) is 4.39 Å². The van der Waals surface area contributed by atoms with Crippen molar-refractivity contribution in [1.29, 1.82) is 0 Å². The van der Waals surface area contributed by atoms with Crippen molar-refractivity contribution in [1.82, 2.24) is 9.38 Å². The van der Waals surface area contributed by atoms with Crippen molar-refractivity contribution < 1.29 is 14.0 Å². The monoisotopic (exact) mass is 386 g/mol. The molecule has 0 aliphatic heterocycles. The van der Waals surface area contributed by atoms with Crippen molar-refractivity contribution in [2.45, 2.75) is 33.6 Å². The molecule has 4 nitrogen and oxygen atoms in total. The Hall–Kier alpha value is -2.53. The predicted molar refractivity (Wildman–Crippen MR) is 104 cm³/mol. The Labute approximate surface area is 162 Å². The number of aromatic nitrogens is 2. The first-order valence-electron chi connectivity index (χ1n) is 8.74. The van der Waals surface area contributed by atoms with Gasteiger partial charge in [-0.05, 0) is 49.2 Å². The Morgan fingerprint density at radius 3 is 2.59 bits per heavy atom. The number of hydrogen-bond acceptors (Lipinski definition) is 3. The van der Waals surface area contributed by atoms with Gasteiger partial charge in [-0.1, -0.05) is 6.92 Å². The SMILES string of the molecule is CCC(=O)c1cc(C)c(-c2nc3cc(C)ccn3c2CC(=O)CCl)c(F)c1. The molecule has 2 aromatic heterocycles. The standard InChI is InChI=1S/C21H20ClFN2O2/c1-4-18(27)14-8-13(3)20(16(23)9-14)21-17(10-15(26)11-22)25-6-5-12(2)7-19(25)24-21/h5-9H,4,10-11H2,1-3H3. The van der Waals surface area contributed by atoms with E-state index in [2.05, 4.69) is 4.98 Å². The number of rotatable bonds is 6. The quantitative estimate of drug-likeness (QED) is 0.455. The Morgan fingerprint density at radius 1 is 1.22 bits per heavy atom. The highest BCUT2D eigenvalue weighted by molar-refractivity contribution is 6.27. The van der Waals surface area contributed by atoms with E-state index in [0.717, 1.165) is 5.56 Å². The largest absolute Gasteiger partial charge is 0.303 e. The summed E-state index contributed by atoms with van der Waals surface area (Å²) in [5.41, 5.74) is 3.89. The van der Waals surface area contributed by atoms with Crippen LogP contribution in [0.1, 0.15) is 40.5 Å². The van der Waals surface area contributed by atoms with Gasteiger partial charge in [-0.3, -0.25) is 9.59 Å². The zero-order valence-electron chi connectivity index (χ0n) is 15.5. The van der Waals surface area contributed by atoms with Gasteiger partial charge in [0, 0.05) is 23.7 Å². The van der Waals surface area contributed by atoms with Crippen LogP contribution in [0.25, 0.3) is 16.9 Å². The third-order valence-electron chi connectivity index (χ3n) is 4.56. The number of carbonyl (C=O) groups is 2. The number of nitrogens with zero attached hydrogens (tertiary/aromatic N) is 2. The summed E-state index contributed by atoms with van der Waals surface area (Å²) < 4.78 is 16.8. The fourth-order valence-corrected chi connectivity index (χ4v) is 3.30. The summed E-state index contributed by atoms with van der Waals surface area (Å²) in [5, 5.41) is 0. The molecule has 3 rings (SSSR count). The van der Waals surface area contributed by atoms with Gasteiger partial charge in [0.2, 0.25) is 0 Å². The van der Waals surface area contributed by atoms with E-state index in [1.165, 1.54) is 6.07 Å². The minimum absolute atomic E-state index is 0.0532. The maximum atomic E-state index is 15.0. The lowest BCUT2D eigenvalue weighted by molar-refractivity contribution is -0.116. The van der Waals surface area contributed by atoms with Gasteiger partial charge < -0.3 is 4.40 Å². The van der Waals surface area contributed by atoms with Gasteiger partial charge in [0.1, 0.15) is 11.5 Å². The van der Waals surface area contributed by atoms with E-state index in [9.17, 15) is 14.0 Å². The summed E-state index contributed by atoms with van der Waals surface area (Å²) in [6, 6.07) is 6.70. The van der Waals surface area contributed by atoms with Gasteiger partial charge in [0.05, 0.1) is 23.7 Å². The second-order valence-corrected chi connectivity index (χ2v) is 6.88. The fourth-order valence-electron chi connectivity index (χ4n) is 3.21. The third-order valence-corrected chi connectivity index (χ3v) is 4.86. The zero-order valence-corrected chi connectivity index (χ0v) is 16.2. The maximum absolute atomic E-state index is 15.0. The first-order chi connectivity index (χ1) is 12.8.